The Morgan fingerprint density at radius 1 is 1.16 bits per heavy atom. The van der Waals surface area contributed by atoms with Crippen molar-refractivity contribution >= 4 is 17.9 Å². The van der Waals surface area contributed by atoms with Crippen molar-refractivity contribution in [1.29, 1.82) is 0 Å². The van der Waals surface area contributed by atoms with E-state index in [0.29, 0.717) is 30.7 Å². The van der Waals surface area contributed by atoms with Crippen molar-refractivity contribution in [3.63, 3.8) is 0 Å². The van der Waals surface area contributed by atoms with Gasteiger partial charge in [-0.15, -0.1) is 5.10 Å². The van der Waals surface area contributed by atoms with Gasteiger partial charge in [0, 0.05) is 31.7 Å². The summed E-state index contributed by atoms with van der Waals surface area (Å²) in [5.74, 6) is 1.16. The molecule has 0 saturated carbocycles. The van der Waals surface area contributed by atoms with Crippen molar-refractivity contribution < 1.29 is 9.53 Å². The quantitative estimate of drug-likeness (QED) is 0.608. The van der Waals surface area contributed by atoms with E-state index in [2.05, 4.69) is 38.5 Å². The van der Waals surface area contributed by atoms with Gasteiger partial charge in [0.05, 0.1) is 0 Å². The molecule has 0 radical (unpaired) electrons. The summed E-state index contributed by atoms with van der Waals surface area (Å²) in [5.41, 5.74) is 3.46. The molecule has 0 aliphatic carbocycles. The largest absolute Gasteiger partial charge is 0.424 e. The number of hydrogen-bond acceptors (Lipinski definition) is 6. The zero-order valence-electron chi connectivity index (χ0n) is 18.1. The first-order valence-corrected chi connectivity index (χ1v) is 10.8. The first kappa shape index (κ1) is 21.4. The molecule has 2 aromatic heterocycles. The molecule has 4 rings (SSSR count). The molecule has 32 heavy (non-hydrogen) atoms. The number of carbonyl (C=O) groups excluding carboxylic acids is 1. The van der Waals surface area contributed by atoms with Gasteiger partial charge in [-0.05, 0) is 54.7 Å². The van der Waals surface area contributed by atoms with Crippen LogP contribution in [0.2, 0.25) is 0 Å². The molecule has 3 aromatic rings. The minimum atomic E-state index is -0.148. The van der Waals surface area contributed by atoms with E-state index in [9.17, 15) is 4.79 Å². The van der Waals surface area contributed by atoms with E-state index < -0.39 is 0 Å². The summed E-state index contributed by atoms with van der Waals surface area (Å²) >= 11 is 0. The van der Waals surface area contributed by atoms with Crippen molar-refractivity contribution in [1.82, 2.24) is 25.1 Å². The highest BCUT2D eigenvalue weighted by molar-refractivity contribution is 5.88. The average Bonchev–Trinajstić information content (AvgIpc) is 2.82. The highest BCUT2D eigenvalue weighted by Crippen LogP contribution is 2.24. The minimum Gasteiger partial charge on any atom is -0.424 e. The average molecular weight is 431 g/mol. The van der Waals surface area contributed by atoms with Crippen LogP contribution in [0, 0.1) is 0 Å². The number of ether oxygens (including phenoxy) is 1. The third kappa shape index (κ3) is 5.87. The van der Waals surface area contributed by atoms with Gasteiger partial charge in [0.1, 0.15) is 5.75 Å². The maximum absolute atomic E-state index is 12.4. The van der Waals surface area contributed by atoms with E-state index in [1.54, 1.807) is 23.2 Å². The number of carbonyl (C=O) groups is 1. The van der Waals surface area contributed by atoms with Crippen LogP contribution in [0.15, 0.2) is 60.6 Å². The zero-order valence-corrected chi connectivity index (χ0v) is 18.1. The van der Waals surface area contributed by atoms with Crippen molar-refractivity contribution in [2.24, 2.45) is 0 Å². The molecule has 1 aliphatic heterocycles. The van der Waals surface area contributed by atoms with Crippen LogP contribution >= 0.6 is 0 Å². The van der Waals surface area contributed by atoms with Gasteiger partial charge in [0.25, 0.3) is 0 Å². The fraction of sp³-hybridized carbons (Fsp3) is 0.292. The van der Waals surface area contributed by atoms with Gasteiger partial charge in [-0.25, -0.2) is 14.8 Å². The highest BCUT2D eigenvalue weighted by Gasteiger charge is 2.19. The molecule has 1 saturated heterocycles. The van der Waals surface area contributed by atoms with E-state index in [0.717, 1.165) is 36.8 Å². The molecule has 1 aliphatic rings. The van der Waals surface area contributed by atoms with Gasteiger partial charge >= 0.3 is 12.0 Å². The van der Waals surface area contributed by atoms with E-state index in [4.69, 9.17) is 4.74 Å². The van der Waals surface area contributed by atoms with Crippen LogP contribution in [0.5, 0.6) is 11.8 Å². The van der Waals surface area contributed by atoms with E-state index in [1.165, 1.54) is 5.57 Å². The Bertz CT molecular complexity index is 1060. The van der Waals surface area contributed by atoms with Crippen LogP contribution < -0.4 is 10.1 Å². The lowest BCUT2D eigenvalue weighted by Gasteiger charge is -2.28. The van der Waals surface area contributed by atoms with Crippen LogP contribution in [0.3, 0.4) is 0 Å². The van der Waals surface area contributed by atoms with Gasteiger partial charge in [-0.3, -0.25) is 5.32 Å². The second kappa shape index (κ2) is 10.5. The Kier molecular flexibility index (Phi) is 7.01. The second-order valence-electron chi connectivity index (χ2n) is 7.63. The van der Waals surface area contributed by atoms with Crippen LogP contribution in [-0.2, 0) is 6.42 Å². The lowest BCUT2D eigenvalue weighted by atomic mass is 10.0. The maximum atomic E-state index is 12.4. The monoisotopic (exact) mass is 430 g/mol. The lowest BCUT2D eigenvalue weighted by Crippen LogP contribution is -2.39. The topological polar surface area (TPSA) is 93.1 Å². The minimum absolute atomic E-state index is 0.148. The van der Waals surface area contributed by atoms with Crippen LogP contribution in [0.4, 0.5) is 10.6 Å². The predicted molar refractivity (Wildman–Crippen MR) is 122 cm³/mol. The number of nitrogens with one attached hydrogen (secondary N) is 1. The van der Waals surface area contributed by atoms with E-state index in [1.807, 2.05) is 36.7 Å². The molecule has 1 aromatic carbocycles. The number of nitrogens with zero attached hydrogens (tertiary/aromatic N) is 5. The first-order valence-electron chi connectivity index (χ1n) is 10.8. The molecule has 0 unspecified atom stereocenters. The van der Waals surface area contributed by atoms with Crippen molar-refractivity contribution in [3.8, 4) is 11.8 Å². The van der Waals surface area contributed by atoms with Gasteiger partial charge in [-0.1, -0.05) is 37.1 Å². The fourth-order valence-electron chi connectivity index (χ4n) is 3.52. The first-order chi connectivity index (χ1) is 15.7. The van der Waals surface area contributed by atoms with Gasteiger partial charge < -0.3 is 9.64 Å². The van der Waals surface area contributed by atoms with Crippen molar-refractivity contribution in [3.05, 3.63) is 71.7 Å². The number of aryl methyl sites for hydroxylation is 1. The summed E-state index contributed by atoms with van der Waals surface area (Å²) in [6.45, 7) is 3.45. The van der Waals surface area contributed by atoms with Crippen LogP contribution in [0.1, 0.15) is 37.3 Å². The third-order valence-electron chi connectivity index (χ3n) is 5.16. The van der Waals surface area contributed by atoms with E-state index >= 15 is 0 Å². The number of urea groups is 1. The van der Waals surface area contributed by atoms with Gasteiger partial charge in [-0.2, -0.15) is 5.10 Å². The smallest absolute Gasteiger partial charge is 0.323 e. The summed E-state index contributed by atoms with van der Waals surface area (Å²) < 4.78 is 5.82. The molecule has 164 valence electrons. The number of hydrogen-bond donors (Lipinski definition) is 1. The number of benzene rings is 1. The summed E-state index contributed by atoms with van der Waals surface area (Å²) in [4.78, 5) is 22.8. The molecule has 0 spiro atoms. The Labute approximate surface area is 187 Å². The molecule has 8 heteroatoms. The van der Waals surface area contributed by atoms with Gasteiger partial charge in [0.2, 0.25) is 0 Å². The Morgan fingerprint density at radius 2 is 1.97 bits per heavy atom. The zero-order chi connectivity index (χ0) is 22.2. The molecule has 1 N–H and O–H groups in total. The molecule has 0 atom stereocenters. The predicted octanol–water partition coefficient (Wildman–Crippen LogP) is 4.72. The lowest BCUT2D eigenvalue weighted by molar-refractivity contribution is 0.207. The molecule has 1 fully saturated rings. The summed E-state index contributed by atoms with van der Waals surface area (Å²) in [5, 5.41) is 10.5. The van der Waals surface area contributed by atoms with E-state index in [-0.39, 0.29) is 6.03 Å². The molecule has 8 nitrogen and oxygen atoms in total. The summed E-state index contributed by atoms with van der Waals surface area (Å²) in [6, 6.07) is 11.5. The molecular weight excluding hydrogens is 404 g/mol. The summed E-state index contributed by atoms with van der Waals surface area (Å²) in [6.07, 6.45) is 11.0. The maximum Gasteiger partial charge on any atom is 0.323 e. The fourth-order valence-corrected chi connectivity index (χ4v) is 3.52. The number of aromatic nitrogens is 4. The number of piperidine rings is 1. The standard InChI is InChI=1S/C24H26N6O2/c1-2-5-20-16-25-23(26-17-20)32-21-7-3-6-19(15-21)14-18-9-12-30(13-10-18)24(31)28-22-8-4-11-27-29-22/h3-4,6-8,11,14-17H,2,5,9-10,12-13H2,1H3,(H,28,29,31). The van der Waals surface area contributed by atoms with Gasteiger partial charge in [0.15, 0.2) is 5.82 Å². The van der Waals surface area contributed by atoms with Crippen molar-refractivity contribution in [2.75, 3.05) is 18.4 Å². The Hall–Kier alpha value is -3.81. The SMILES string of the molecule is CCCc1cnc(Oc2cccc(C=C3CCN(C(=O)Nc4cccnn4)CC3)c2)nc1. The Balaban J connectivity index is 1.33. The number of rotatable bonds is 6. The van der Waals surface area contributed by atoms with Crippen LogP contribution in [0.25, 0.3) is 6.08 Å². The number of amides is 2. The molecule has 2 amide bonds. The number of anilines is 1. The van der Waals surface area contributed by atoms with Crippen LogP contribution in [-0.4, -0.2) is 44.2 Å². The number of likely N-dealkylation sites (tertiary alicyclic amines) is 1. The molecular formula is C24H26N6O2. The molecule has 3 heterocycles. The third-order valence-corrected chi connectivity index (χ3v) is 5.16. The summed E-state index contributed by atoms with van der Waals surface area (Å²) in [7, 11) is 0. The molecule has 0 bridgehead atoms. The Morgan fingerprint density at radius 3 is 2.69 bits per heavy atom. The van der Waals surface area contributed by atoms with Crippen molar-refractivity contribution in [2.45, 2.75) is 32.6 Å². The normalized spacial score (nSPS) is 13.5. The highest BCUT2D eigenvalue weighted by atomic mass is 16.5. The second-order valence-corrected chi connectivity index (χ2v) is 7.63.